The summed E-state index contributed by atoms with van der Waals surface area (Å²) in [6.07, 6.45) is 5.17. The molecule has 1 fully saturated rings. The summed E-state index contributed by atoms with van der Waals surface area (Å²) in [6.45, 7) is 14.6. The topological polar surface area (TPSA) is 80.3 Å². The molecule has 0 heterocycles. The summed E-state index contributed by atoms with van der Waals surface area (Å²) in [7, 11) is 0. The maximum atomic E-state index is 14.5. The Bertz CT molecular complexity index is 1380. The number of amides is 2. The van der Waals surface area contributed by atoms with E-state index in [1.54, 1.807) is 0 Å². The number of nitrogens with zero attached hydrogens (tertiary/aromatic N) is 2. The minimum Gasteiger partial charge on any atom is -0.494 e. The van der Waals surface area contributed by atoms with Crippen LogP contribution >= 0.6 is 0 Å². The highest BCUT2D eigenvalue weighted by atomic mass is 16.6. The van der Waals surface area contributed by atoms with Crippen molar-refractivity contribution in [3.63, 3.8) is 0 Å². The molecule has 1 aliphatic carbocycles. The lowest BCUT2D eigenvalue weighted by molar-refractivity contribution is -0.120. The van der Waals surface area contributed by atoms with E-state index in [0.29, 0.717) is 32.1 Å². The van der Waals surface area contributed by atoms with Gasteiger partial charge in [-0.2, -0.15) is 0 Å². The third-order valence-corrected chi connectivity index (χ3v) is 8.71. The number of hydrogen-bond donors (Lipinski definition) is 1. The van der Waals surface area contributed by atoms with Gasteiger partial charge in [0.15, 0.2) is 0 Å². The summed E-state index contributed by atoms with van der Waals surface area (Å²) < 4.78 is 17.6. The van der Waals surface area contributed by atoms with Gasteiger partial charge in [-0.25, -0.2) is 4.79 Å². The molecular weight excluding hydrogens is 602 g/mol. The Morgan fingerprint density at radius 2 is 1.46 bits per heavy atom. The molecule has 3 aromatic carbocycles. The van der Waals surface area contributed by atoms with Gasteiger partial charge in [0, 0.05) is 25.2 Å². The summed E-state index contributed by atoms with van der Waals surface area (Å²) >= 11 is 0. The highest BCUT2D eigenvalue weighted by molar-refractivity contribution is 5.99. The molecule has 1 saturated carbocycles. The fourth-order valence-electron chi connectivity index (χ4n) is 6.05. The number of alkyl carbamates (subject to hydrolysis) is 1. The first-order chi connectivity index (χ1) is 23.1. The predicted molar refractivity (Wildman–Crippen MR) is 193 cm³/mol. The number of benzene rings is 3. The lowest BCUT2D eigenvalue weighted by atomic mass is 10.0. The molecule has 8 heteroatoms. The largest absolute Gasteiger partial charge is 0.494 e. The zero-order valence-corrected chi connectivity index (χ0v) is 29.6. The van der Waals surface area contributed by atoms with Crippen molar-refractivity contribution in [3.05, 3.63) is 90.0 Å². The maximum Gasteiger partial charge on any atom is 0.408 e. The van der Waals surface area contributed by atoms with Crippen molar-refractivity contribution in [3.8, 4) is 11.5 Å². The van der Waals surface area contributed by atoms with Crippen molar-refractivity contribution in [2.75, 3.05) is 37.7 Å². The second kappa shape index (κ2) is 18.5. The Morgan fingerprint density at radius 1 is 0.833 bits per heavy atom. The molecule has 2 amide bonds. The fourth-order valence-corrected chi connectivity index (χ4v) is 6.05. The average Bonchev–Trinajstić information content (AvgIpc) is 3.60. The minimum absolute atomic E-state index is 0.162. The van der Waals surface area contributed by atoms with Crippen LogP contribution in [0.25, 0.3) is 0 Å². The van der Waals surface area contributed by atoms with Gasteiger partial charge in [0.2, 0.25) is 5.91 Å². The predicted octanol–water partition coefficient (Wildman–Crippen LogP) is 8.04. The molecule has 260 valence electrons. The Kier molecular flexibility index (Phi) is 14.2. The van der Waals surface area contributed by atoms with Gasteiger partial charge in [0.25, 0.3) is 0 Å². The maximum absolute atomic E-state index is 14.5. The molecule has 48 heavy (non-hydrogen) atoms. The SMILES string of the molecule is CCN(CC)CCCOc1ccc(N(CC2CCCC2)C(=O)[C@@H](Cc2ccc(OCc3ccccc3)cc2)NC(=O)OC(C)(C)C)cc1. The number of ether oxygens (including phenoxy) is 3. The molecule has 0 spiro atoms. The van der Waals surface area contributed by atoms with Crippen LogP contribution in [0.5, 0.6) is 11.5 Å². The third kappa shape index (κ3) is 12.2. The van der Waals surface area contributed by atoms with Crippen LogP contribution in [0.2, 0.25) is 0 Å². The molecule has 3 aromatic rings. The van der Waals surface area contributed by atoms with Crippen molar-refractivity contribution in [1.29, 1.82) is 0 Å². The average molecular weight is 658 g/mol. The van der Waals surface area contributed by atoms with Gasteiger partial charge in [0.05, 0.1) is 6.61 Å². The van der Waals surface area contributed by atoms with Crippen LogP contribution < -0.4 is 19.7 Å². The third-order valence-electron chi connectivity index (χ3n) is 8.71. The van der Waals surface area contributed by atoms with E-state index >= 15 is 0 Å². The van der Waals surface area contributed by atoms with Crippen LogP contribution in [-0.2, 0) is 22.6 Å². The Hall–Kier alpha value is -4.04. The molecule has 0 unspecified atom stereocenters. The van der Waals surface area contributed by atoms with Crippen LogP contribution in [0, 0.1) is 5.92 Å². The molecule has 0 aromatic heterocycles. The van der Waals surface area contributed by atoms with E-state index in [1.807, 2.05) is 105 Å². The first-order valence-corrected chi connectivity index (χ1v) is 17.6. The zero-order chi connectivity index (χ0) is 34.4. The number of hydrogen-bond acceptors (Lipinski definition) is 6. The van der Waals surface area contributed by atoms with Crippen molar-refractivity contribution < 1.29 is 23.8 Å². The number of nitrogens with one attached hydrogen (secondary N) is 1. The lowest BCUT2D eigenvalue weighted by Gasteiger charge is -2.31. The van der Waals surface area contributed by atoms with E-state index in [-0.39, 0.29) is 5.91 Å². The summed E-state index contributed by atoms with van der Waals surface area (Å²) in [4.78, 5) is 31.8. The number of anilines is 1. The van der Waals surface area contributed by atoms with Gasteiger partial charge < -0.3 is 29.3 Å². The molecule has 1 N–H and O–H groups in total. The van der Waals surface area contributed by atoms with Crippen LogP contribution in [-0.4, -0.2) is 61.3 Å². The number of rotatable bonds is 17. The summed E-state index contributed by atoms with van der Waals surface area (Å²) in [5, 5.41) is 2.91. The van der Waals surface area contributed by atoms with Gasteiger partial charge in [-0.3, -0.25) is 4.79 Å². The van der Waals surface area contributed by atoms with E-state index in [0.717, 1.165) is 67.2 Å². The van der Waals surface area contributed by atoms with Gasteiger partial charge >= 0.3 is 6.09 Å². The van der Waals surface area contributed by atoms with Crippen molar-refractivity contribution in [2.24, 2.45) is 5.92 Å². The van der Waals surface area contributed by atoms with Crippen LogP contribution in [0.1, 0.15) is 77.8 Å². The Labute approximate surface area is 287 Å². The monoisotopic (exact) mass is 657 g/mol. The minimum atomic E-state index is -0.826. The second-order valence-electron chi connectivity index (χ2n) is 13.6. The molecule has 1 atom stereocenters. The second-order valence-corrected chi connectivity index (χ2v) is 13.6. The van der Waals surface area contributed by atoms with Crippen LogP contribution in [0.3, 0.4) is 0 Å². The Morgan fingerprint density at radius 3 is 2.08 bits per heavy atom. The molecule has 0 saturated heterocycles. The smallest absolute Gasteiger partial charge is 0.408 e. The van der Waals surface area contributed by atoms with Gasteiger partial charge in [0.1, 0.15) is 29.7 Å². The first kappa shape index (κ1) is 36.8. The normalized spacial score (nSPS) is 14.0. The number of carbonyl (C=O) groups excluding carboxylic acids is 2. The van der Waals surface area contributed by atoms with Gasteiger partial charge in [-0.15, -0.1) is 0 Å². The van der Waals surface area contributed by atoms with Crippen molar-refractivity contribution in [1.82, 2.24) is 10.2 Å². The van der Waals surface area contributed by atoms with E-state index in [4.69, 9.17) is 14.2 Å². The molecule has 8 nitrogen and oxygen atoms in total. The van der Waals surface area contributed by atoms with E-state index in [1.165, 1.54) is 12.8 Å². The lowest BCUT2D eigenvalue weighted by Crippen LogP contribution is -2.52. The van der Waals surface area contributed by atoms with Gasteiger partial charge in [-0.1, -0.05) is 69.2 Å². The van der Waals surface area contributed by atoms with E-state index < -0.39 is 17.7 Å². The first-order valence-electron chi connectivity index (χ1n) is 17.6. The summed E-state index contributed by atoms with van der Waals surface area (Å²) in [5.41, 5.74) is 2.10. The van der Waals surface area contributed by atoms with Crippen molar-refractivity contribution in [2.45, 2.75) is 91.4 Å². The number of carbonyl (C=O) groups is 2. The van der Waals surface area contributed by atoms with Crippen LogP contribution in [0.4, 0.5) is 10.5 Å². The quantitative estimate of drug-likeness (QED) is 0.148. The Balaban J connectivity index is 1.49. The molecule has 1 aliphatic rings. The van der Waals surface area contributed by atoms with Crippen LogP contribution in [0.15, 0.2) is 78.9 Å². The van der Waals surface area contributed by atoms with Gasteiger partial charge in [-0.05, 0) is 107 Å². The molecule has 0 radical (unpaired) electrons. The summed E-state index contributed by atoms with van der Waals surface area (Å²) in [5.74, 6) is 1.77. The standard InChI is InChI=1S/C40H55N3O5/c1-6-42(7-2)26-13-27-46-35-24-20-34(21-25-35)43(29-32-14-11-12-15-32)38(44)37(41-39(45)48-40(3,4)5)28-31-18-22-36(23-19-31)47-30-33-16-9-8-10-17-33/h8-10,16-25,32,37H,6-7,11-15,26-30H2,1-5H3,(H,41,45)/t37-/m1/s1. The fraction of sp³-hybridized carbons (Fsp3) is 0.500. The van der Waals surface area contributed by atoms with E-state index in [9.17, 15) is 9.59 Å². The van der Waals surface area contributed by atoms with E-state index in [2.05, 4.69) is 24.1 Å². The molecule has 0 bridgehead atoms. The molecule has 0 aliphatic heterocycles. The summed E-state index contributed by atoms with van der Waals surface area (Å²) in [6, 6.07) is 24.7. The van der Waals surface area contributed by atoms with Crippen molar-refractivity contribution >= 4 is 17.7 Å². The highest BCUT2D eigenvalue weighted by Crippen LogP contribution is 2.29. The molecular formula is C40H55N3O5. The molecule has 4 rings (SSSR count). The highest BCUT2D eigenvalue weighted by Gasteiger charge is 2.31. The zero-order valence-electron chi connectivity index (χ0n) is 29.6.